The van der Waals surface area contributed by atoms with E-state index in [2.05, 4.69) is 17.3 Å². The summed E-state index contributed by atoms with van der Waals surface area (Å²) in [5, 5.41) is 9.52. The van der Waals surface area contributed by atoms with Crippen LogP contribution in [0.25, 0.3) is 17.0 Å². The van der Waals surface area contributed by atoms with Crippen molar-refractivity contribution in [3.8, 4) is 0 Å². The number of carbonyl (C=O) groups is 2. The molecule has 0 spiro atoms. The van der Waals surface area contributed by atoms with Gasteiger partial charge in [0.2, 0.25) is 5.91 Å². The summed E-state index contributed by atoms with van der Waals surface area (Å²) in [5.41, 5.74) is 6.44. The molecule has 4 N–H and O–H groups in total. The molecule has 2 rings (SSSR count). The van der Waals surface area contributed by atoms with E-state index in [1.807, 2.05) is 24.3 Å². The molecule has 0 atom stereocenters. The fraction of sp³-hybridized carbons (Fsp3) is 0. The first-order valence-electron chi connectivity index (χ1n) is 5.43. The number of hydrogen-bond acceptors (Lipinski definition) is 2. The number of carbonyl (C=O) groups excluding carboxylic acids is 1. The molecule has 19 heavy (non-hydrogen) atoms. The van der Waals surface area contributed by atoms with Crippen LogP contribution in [-0.4, -0.2) is 22.0 Å². The Morgan fingerprint density at radius 2 is 1.95 bits per heavy atom. The van der Waals surface area contributed by atoms with Crippen molar-refractivity contribution in [1.82, 2.24) is 4.98 Å². The van der Waals surface area contributed by atoms with E-state index in [1.54, 1.807) is 12.3 Å². The van der Waals surface area contributed by atoms with Crippen LogP contribution in [0.4, 0.5) is 0 Å². The number of aliphatic carboxylic acids is 1. The molecule has 1 amide bonds. The Labute approximate surface area is 110 Å². The fourth-order valence-corrected chi connectivity index (χ4v) is 1.39. The van der Waals surface area contributed by atoms with Gasteiger partial charge in [0.15, 0.2) is 0 Å². The topological polar surface area (TPSA) is 96.2 Å². The maximum atomic E-state index is 10.3. The lowest BCUT2D eigenvalue weighted by Crippen LogP contribution is -2.04. The quantitative estimate of drug-likeness (QED) is 0.734. The number of benzene rings is 1. The second-order valence-electron chi connectivity index (χ2n) is 3.57. The van der Waals surface area contributed by atoms with E-state index < -0.39 is 11.9 Å². The molecule has 0 fully saturated rings. The standard InChI is InChI=1S/C11H9NO2.C3H5NO/c13-11(14)6-5-8-7-12-10-4-2-1-3-9(8)10;1-2-3(4)5/h1-7,12H,(H,13,14);2H,1H2,(H2,4,5)/b6-5+;. The molecule has 2 aromatic rings. The Bertz CT molecular complexity index is 626. The van der Waals surface area contributed by atoms with Crippen LogP contribution in [-0.2, 0) is 9.59 Å². The minimum atomic E-state index is -0.935. The molecular weight excluding hydrogens is 244 g/mol. The number of aromatic amines is 1. The Balaban J connectivity index is 0.000000312. The smallest absolute Gasteiger partial charge is 0.328 e. The van der Waals surface area contributed by atoms with Crippen molar-refractivity contribution in [2.24, 2.45) is 5.73 Å². The largest absolute Gasteiger partial charge is 0.478 e. The fourth-order valence-electron chi connectivity index (χ4n) is 1.39. The molecule has 0 unspecified atom stereocenters. The summed E-state index contributed by atoms with van der Waals surface area (Å²) in [6.45, 7) is 3.09. The first-order chi connectivity index (χ1) is 9.04. The molecule has 1 heterocycles. The van der Waals surface area contributed by atoms with Crippen molar-refractivity contribution in [2.75, 3.05) is 0 Å². The minimum Gasteiger partial charge on any atom is -0.478 e. The number of primary amides is 1. The molecule has 0 saturated heterocycles. The van der Waals surface area contributed by atoms with Crippen LogP contribution in [0.2, 0.25) is 0 Å². The number of hydrogen-bond donors (Lipinski definition) is 3. The van der Waals surface area contributed by atoms with E-state index in [-0.39, 0.29) is 0 Å². The third kappa shape index (κ3) is 4.51. The van der Waals surface area contributed by atoms with Crippen LogP contribution in [0.1, 0.15) is 5.56 Å². The maximum Gasteiger partial charge on any atom is 0.328 e. The number of aromatic nitrogens is 1. The summed E-state index contributed by atoms with van der Waals surface area (Å²) in [7, 11) is 0. The molecule has 1 aromatic heterocycles. The third-order valence-corrected chi connectivity index (χ3v) is 2.23. The number of H-pyrrole nitrogens is 1. The Morgan fingerprint density at radius 3 is 2.53 bits per heavy atom. The average Bonchev–Trinajstić information content (AvgIpc) is 2.80. The lowest BCUT2D eigenvalue weighted by Gasteiger charge is -1.89. The Kier molecular flexibility index (Phi) is 5.10. The first kappa shape index (κ1) is 14.2. The van der Waals surface area contributed by atoms with Gasteiger partial charge >= 0.3 is 5.97 Å². The summed E-state index contributed by atoms with van der Waals surface area (Å²) in [6, 6.07) is 7.76. The zero-order valence-corrected chi connectivity index (χ0v) is 10.2. The van der Waals surface area contributed by atoms with Crippen LogP contribution < -0.4 is 5.73 Å². The number of rotatable bonds is 3. The number of carboxylic acids is 1. The van der Waals surface area contributed by atoms with Crippen molar-refractivity contribution in [3.63, 3.8) is 0 Å². The molecule has 98 valence electrons. The monoisotopic (exact) mass is 258 g/mol. The van der Waals surface area contributed by atoms with E-state index in [0.717, 1.165) is 28.6 Å². The predicted molar refractivity (Wildman–Crippen MR) is 74.4 cm³/mol. The highest BCUT2D eigenvalue weighted by atomic mass is 16.4. The highest BCUT2D eigenvalue weighted by molar-refractivity contribution is 5.93. The lowest BCUT2D eigenvalue weighted by molar-refractivity contribution is -0.131. The van der Waals surface area contributed by atoms with Crippen LogP contribution in [0.3, 0.4) is 0 Å². The van der Waals surface area contributed by atoms with Gasteiger partial charge in [-0.25, -0.2) is 4.79 Å². The van der Waals surface area contributed by atoms with Gasteiger partial charge in [-0.1, -0.05) is 24.8 Å². The maximum absolute atomic E-state index is 10.3. The predicted octanol–water partition coefficient (Wildman–Crippen LogP) is 1.92. The van der Waals surface area contributed by atoms with Crippen LogP contribution >= 0.6 is 0 Å². The molecule has 0 aliphatic rings. The van der Waals surface area contributed by atoms with Crippen molar-refractivity contribution >= 4 is 28.9 Å². The Hall–Kier alpha value is -2.82. The first-order valence-corrected chi connectivity index (χ1v) is 5.43. The molecule has 0 saturated carbocycles. The van der Waals surface area contributed by atoms with Crippen LogP contribution in [0.15, 0.2) is 49.2 Å². The lowest BCUT2D eigenvalue weighted by atomic mass is 10.1. The van der Waals surface area contributed by atoms with Gasteiger partial charge in [-0.2, -0.15) is 0 Å². The molecule has 5 nitrogen and oxygen atoms in total. The molecule has 0 bridgehead atoms. The number of fused-ring (bicyclic) bond motifs is 1. The van der Waals surface area contributed by atoms with Gasteiger partial charge < -0.3 is 15.8 Å². The number of para-hydroxylation sites is 1. The SMILES string of the molecule is C=CC(N)=O.O=C(O)/C=C/c1c[nH]c2ccccc12. The average molecular weight is 258 g/mol. The van der Waals surface area contributed by atoms with Gasteiger partial charge in [0.05, 0.1) is 0 Å². The second kappa shape index (κ2) is 6.80. The van der Waals surface area contributed by atoms with Gasteiger partial charge in [0.1, 0.15) is 0 Å². The number of nitrogens with two attached hydrogens (primary N) is 1. The zero-order chi connectivity index (χ0) is 14.3. The summed E-state index contributed by atoms with van der Waals surface area (Å²) >= 11 is 0. The number of nitrogens with one attached hydrogen (secondary N) is 1. The number of carboxylic acid groups (broad SMARTS) is 1. The second-order valence-corrected chi connectivity index (χ2v) is 3.57. The van der Waals surface area contributed by atoms with E-state index >= 15 is 0 Å². The van der Waals surface area contributed by atoms with Crippen molar-refractivity contribution in [3.05, 3.63) is 54.8 Å². The summed E-state index contributed by atoms with van der Waals surface area (Å²) in [5.74, 6) is -1.42. The van der Waals surface area contributed by atoms with E-state index in [9.17, 15) is 9.59 Å². The van der Waals surface area contributed by atoms with Gasteiger partial charge in [-0.15, -0.1) is 0 Å². The van der Waals surface area contributed by atoms with Crippen LogP contribution in [0, 0.1) is 0 Å². The summed E-state index contributed by atoms with van der Waals surface area (Å²) < 4.78 is 0. The van der Waals surface area contributed by atoms with Gasteiger partial charge in [-0.3, -0.25) is 4.79 Å². The summed E-state index contributed by atoms with van der Waals surface area (Å²) in [4.78, 5) is 22.9. The van der Waals surface area contributed by atoms with Gasteiger partial charge in [-0.05, 0) is 23.8 Å². The molecule has 0 aliphatic carbocycles. The van der Waals surface area contributed by atoms with Gasteiger partial charge in [0.25, 0.3) is 0 Å². The minimum absolute atomic E-state index is 0.481. The molecule has 1 aromatic carbocycles. The van der Waals surface area contributed by atoms with Crippen molar-refractivity contribution < 1.29 is 14.7 Å². The van der Waals surface area contributed by atoms with E-state index in [0.29, 0.717) is 0 Å². The molecule has 0 radical (unpaired) electrons. The van der Waals surface area contributed by atoms with Crippen molar-refractivity contribution in [2.45, 2.75) is 0 Å². The molecule has 5 heteroatoms. The molecular formula is C14H14N2O3. The zero-order valence-electron chi connectivity index (χ0n) is 10.2. The number of amides is 1. The summed E-state index contributed by atoms with van der Waals surface area (Å²) in [6.07, 6.45) is 5.57. The Morgan fingerprint density at radius 1 is 1.32 bits per heavy atom. The van der Waals surface area contributed by atoms with Crippen molar-refractivity contribution in [1.29, 1.82) is 0 Å². The van der Waals surface area contributed by atoms with Gasteiger partial charge in [0, 0.05) is 23.2 Å². The third-order valence-electron chi connectivity index (χ3n) is 2.23. The van der Waals surface area contributed by atoms with E-state index in [1.165, 1.54) is 0 Å². The highest BCUT2D eigenvalue weighted by Gasteiger charge is 1.98. The van der Waals surface area contributed by atoms with E-state index in [4.69, 9.17) is 5.11 Å². The van der Waals surface area contributed by atoms with Crippen LogP contribution in [0.5, 0.6) is 0 Å². The normalized spacial score (nSPS) is 9.89. The molecule has 0 aliphatic heterocycles. The highest BCUT2D eigenvalue weighted by Crippen LogP contribution is 2.18.